The molecule has 7 nitrogen and oxygen atoms in total. The lowest BCUT2D eigenvalue weighted by Gasteiger charge is -2.40. The second-order valence-corrected chi connectivity index (χ2v) is 11.7. The molecule has 0 bridgehead atoms. The van der Waals surface area contributed by atoms with E-state index < -0.39 is 5.60 Å². The van der Waals surface area contributed by atoms with Crippen LogP contribution in [0.15, 0.2) is 54.6 Å². The van der Waals surface area contributed by atoms with Crippen molar-refractivity contribution in [3.05, 3.63) is 65.7 Å². The predicted octanol–water partition coefficient (Wildman–Crippen LogP) is 5.85. The zero-order chi connectivity index (χ0) is 27.8. The topological polar surface area (TPSA) is 68.3 Å². The Morgan fingerprint density at radius 2 is 1.72 bits per heavy atom. The summed E-state index contributed by atoms with van der Waals surface area (Å²) >= 11 is 0. The highest BCUT2D eigenvalue weighted by atomic mass is 16.6. The van der Waals surface area contributed by atoms with Gasteiger partial charge in [-0.25, -0.2) is 4.79 Å². The minimum Gasteiger partial charge on any atom is -0.494 e. The van der Waals surface area contributed by atoms with Crippen molar-refractivity contribution in [2.24, 2.45) is 5.92 Å². The third-order valence-electron chi connectivity index (χ3n) is 7.43. The van der Waals surface area contributed by atoms with E-state index in [1.807, 2.05) is 80.0 Å². The molecular formula is C32H44N2O5. The fourth-order valence-electron chi connectivity index (χ4n) is 5.57. The first-order valence-corrected chi connectivity index (χ1v) is 14.4. The van der Waals surface area contributed by atoms with E-state index in [-0.39, 0.29) is 30.1 Å². The monoisotopic (exact) mass is 536 g/mol. The quantitative estimate of drug-likeness (QED) is 0.423. The van der Waals surface area contributed by atoms with Gasteiger partial charge in [-0.05, 0) is 76.6 Å². The van der Waals surface area contributed by atoms with Crippen LogP contribution in [-0.4, -0.2) is 65.9 Å². The number of rotatable bonds is 8. The van der Waals surface area contributed by atoms with Crippen LogP contribution in [0.5, 0.6) is 5.75 Å². The second kappa shape index (κ2) is 13.3. The molecule has 0 N–H and O–H groups in total. The average Bonchev–Trinajstić information content (AvgIpc) is 2.92. The molecule has 1 aliphatic carbocycles. The van der Waals surface area contributed by atoms with Crippen molar-refractivity contribution >= 4 is 12.0 Å². The lowest BCUT2D eigenvalue weighted by atomic mass is 9.84. The highest BCUT2D eigenvalue weighted by Gasteiger charge is 2.36. The number of ether oxygens (including phenoxy) is 3. The Bertz CT molecular complexity index is 1080. The molecule has 1 heterocycles. The summed E-state index contributed by atoms with van der Waals surface area (Å²) in [5, 5.41) is 0. The van der Waals surface area contributed by atoms with Crippen molar-refractivity contribution in [2.75, 3.05) is 26.3 Å². The van der Waals surface area contributed by atoms with Gasteiger partial charge in [-0.3, -0.25) is 4.79 Å². The second-order valence-electron chi connectivity index (χ2n) is 11.7. The first-order valence-electron chi connectivity index (χ1n) is 14.4. The van der Waals surface area contributed by atoms with E-state index in [1.165, 1.54) is 5.56 Å². The third kappa shape index (κ3) is 8.46. The Morgan fingerprint density at radius 3 is 2.41 bits per heavy atom. The number of carbonyl (C=O) groups excluding carboxylic acids is 2. The van der Waals surface area contributed by atoms with Gasteiger partial charge in [-0.1, -0.05) is 42.5 Å². The zero-order valence-electron chi connectivity index (χ0n) is 23.9. The van der Waals surface area contributed by atoms with E-state index in [1.54, 1.807) is 0 Å². The summed E-state index contributed by atoms with van der Waals surface area (Å²) in [5.74, 6) is 1.01. The Morgan fingerprint density at radius 1 is 1.00 bits per heavy atom. The van der Waals surface area contributed by atoms with E-state index in [9.17, 15) is 9.59 Å². The van der Waals surface area contributed by atoms with E-state index in [0.29, 0.717) is 32.8 Å². The van der Waals surface area contributed by atoms with Crippen LogP contribution in [0.1, 0.15) is 64.5 Å². The Labute approximate surface area is 233 Å². The van der Waals surface area contributed by atoms with Crippen molar-refractivity contribution < 1.29 is 23.8 Å². The summed E-state index contributed by atoms with van der Waals surface area (Å²) in [7, 11) is 0. The number of hydrogen-bond donors (Lipinski definition) is 0. The average molecular weight is 537 g/mol. The fourth-order valence-corrected chi connectivity index (χ4v) is 5.57. The molecule has 212 valence electrons. The zero-order valence-corrected chi connectivity index (χ0v) is 23.9. The van der Waals surface area contributed by atoms with Crippen LogP contribution in [0.4, 0.5) is 4.79 Å². The maximum Gasteiger partial charge on any atom is 0.410 e. The normalized spacial score (nSPS) is 21.7. The van der Waals surface area contributed by atoms with E-state index >= 15 is 0 Å². The van der Waals surface area contributed by atoms with Gasteiger partial charge >= 0.3 is 6.09 Å². The number of hydrogen-bond acceptors (Lipinski definition) is 5. The fraction of sp³-hybridized carbons (Fsp3) is 0.562. The molecular weight excluding hydrogens is 492 g/mol. The first kappa shape index (κ1) is 28.9. The number of nitrogens with zero attached hydrogens (tertiary/aromatic N) is 2. The van der Waals surface area contributed by atoms with Gasteiger partial charge in [0.2, 0.25) is 5.91 Å². The molecule has 7 heteroatoms. The van der Waals surface area contributed by atoms with Crippen molar-refractivity contribution in [1.29, 1.82) is 0 Å². The molecule has 2 aromatic carbocycles. The van der Waals surface area contributed by atoms with Crippen molar-refractivity contribution in [1.82, 2.24) is 9.80 Å². The molecule has 2 amide bonds. The van der Waals surface area contributed by atoms with Gasteiger partial charge in [0.25, 0.3) is 0 Å². The van der Waals surface area contributed by atoms with Crippen molar-refractivity contribution in [3.63, 3.8) is 0 Å². The lowest BCUT2D eigenvalue weighted by molar-refractivity contribution is -0.144. The molecule has 0 aromatic heterocycles. The number of carbonyl (C=O) groups is 2. The van der Waals surface area contributed by atoms with Gasteiger partial charge in [0.15, 0.2) is 0 Å². The summed E-state index contributed by atoms with van der Waals surface area (Å²) < 4.78 is 17.5. The summed E-state index contributed by atoms with van der Waals surface area (Å²) in [5.41, 5.74) is 1.65. The highest BCUT2D eigenvalue weighted by molar-refractivity contribution is 5.79. The molecule has 4 rings (SSSR count). The molecule has 1 unspecified atom stereocenters. The van der Waals surface area contributed by atoms with Gasteiger partial charge in [0.05, 0.1) is 19.3 Å². The molecule has 2 aromatic rings. The van der Waals surface area contributed by atoms with Crippen LogP contribution < -0.4 is 4.74 Å². The molecule has 1 saturated carbocycles. The molecule has 1 aliphatic heterocycles. The predicted molar refractivity (Wildman–Crippen MR) is 152 cm³/mol. The van der Waals surface area contributed by atoms with Crippen LogP contribution in [0, 0.1) is 5.92 Å². The Balaban J connectivity index is 1.37. The highest BCUT2D eigenvalue weighted by Crippen LogP contribution is 2.32. The Kier molecular flexibility index (Phi) is 9.89. The van der Waals surface area contributed by atoms with Crippen LogP contribution in [-0.2, 0) is 27.2 Å². The van der Waals surface area contributed by atoms with E-state index in [2.05, 4.69) is 12.1 Å². The van der Waals surface area contributed by atoms with Crippen LogP contribution >= 0.6 is 0 Å². The summed E-state index contributed by atoms with van der Waals surface area (Å²) in [6.07, 6.45) is 3.61. The van der Waals surface area contributed by atoms with E-state index in [0.717, 1.165) is 43.4 Å². The largest absolute Gasteiger partial charge is 0.494 e. The van der Waals surface area contributed by atoms with Crippen LogP contribution in [0.25, 0.3) is 0 Å². The Hall–Kier alpha value is -3.06. The lowest BCUT2D eigenvalue weighted by Crippen LogP contribution is -2.50. The maximum absolute atomic E-state index is 13.5. The molecule has 0 spiro atoms. The van der Waals surface area contributed by atoms with Gasteiger partial charge in [-0.15, -0.1) is 0 Å². The van der Waals surface area contributed by atoms with Crippen molar-refractivity contribution in [3.8, 4) is 5.75 Å². The molecule has 1 atom stereocenters. The third-order valence-corrected chi connectivity index (χ3v) is 7.43. The number of morpholine rings is 1. The van der Waals surface area contributed by atoms with Gasteiger partial charge < -0.3 is 24.0 Å². The number of benzene rings is 2. The van der Waals surface area contributed by atoms with Crippen LogP contribution in [0.3, 0.4) is 0 Å². The summed E-state index contributed by atoms with van der Waals surface area (Å²) in [6, 6.07) is 18.2. The summed E-state index contributed by atoms with van der Waals surface area (Å²) in [6.45, 7) is 10.5. The van der Waals surface area contributed by atoms with Crippen LogP contribution in [0.2, 0.25) is 0 Å². The molecule has 1 saturated heterocycles. The molecule has 39 heavy (non-hydrogen) atoms. The molecule has 2 fully saturated rings. The minimum absolute atomic E-state index is 0.0153. The van der Waals surface area contributed by atoms with Crippen molar-refractivity contribution in [2.45, 2.75) is 84.1 Å². The smallest absolute Gasteiger partial charge is 0.410 e. The molecule has 0 radical (unpaired) electrons. The summed E-state index contributed by atoms with van der Waals surface area (Å²) in [4.78, 5) is 30.6. The van der Waals surface area contributed by atoms with E-state index in [4.69, 9.17) is 14.2 Å². The SMILES string of the molecule is CCOc1cccc(CN(C(=O)OC(C)(C)C)C2CCC(C(=O)N3CCOC(Cc4ccccc4)C3)CC2)c1. The minimum atomic E-state index is -0.581. The molecule has 2 aliphatic rings. The standard InChI is InChI=1S/C32H44N2O5/c1-5-37-28-13-9-12-25(21-28)22-34(31(36)39-32(2,3)4)27-16-14-26(15-17-27)30(35)33-18-19-38-29(23-33)20-24-10-7-6-8-11-24/h6-13,21,26-27,29H,5,14-20,22-23H2,1-4H3. The van der Waals surface area contributed by atoms with Gasteiger partial charge in [0, 0.05) is 38.0 Å². The van der Waals surface area contributed by atoms with Gasteiger partial charge in [0.1, 0.15) is 11.4 Å². The first-order chi connectivity index (χ1) is 18.7. The maximum atomic E-state index is 13.5. The number of amides is 2. The van der Waals surface area contributed by atoms with Gasteiger partial charge in [-0.2, -0.15) is 0 Å².